The Hall–Kier alpha value is -1.92. The van der Waals surface area contributed by atoms with Gasteiger partial charge in [-0.3, -0.25) is 9.59 Å². The van der Waals surface area contributed by atoms with Gasteiger partial charge >= 0.3 is 5.97 Å². The Morgan fingerprint density at radius 2 is 0.547 bits per heavy atom. The number of carbonyl (C=O) groups is 2. The van der Waals surface area contributed by atoms with Crippen LogP contribution in [0.2, 0.25) is 0 Å². The molecule has 0 heterocycles. The molecule has 0 aliphatic heterocycles. The van der Waals surface area contributed by atoms with Gasteiger partial charge in [0, 0.05) is 12.8 Å². The first-order chi connectivity index (χ1) is 42.5. The van der Waals surface area contributed by atoms with Gasteiger partial charge in [-0.15, -0.1) is 0 Å². The third-order valence-corrected chi connectivity index (χ3v) is 18.4. The molecule has 0 aliphatic carbocycles. The zero-order valence-corrected chi connectivity index (χ0v) is 58.3. The molecule has 0 aromatic carbocycles. The number of ether oxygens (including phenoxy) is 1. The lowest BCUT2D eigenvalue weighted by atomic mass is 10.0. The van der Waals surface area contributed by atoms with E-state index in [1.54, 1.807) is 6.08 Å². The van der Waals surface area contributed by atoms with Crippen molar-refractivity contribution in [3.63, 3.8) is 0 Å². The van der Waals surface area contributed by atoms with Crippen molar-refractivity contribution in [2.24, 2.45) is 0 Å². The van der Waals surface area contributed by atoms with Crippen molar-refractivity contribution in [2.75, 3.05) is 13.2 Å². The summed E-state index contributed by atoms with van der Waals surface area (Å²) >= 11 is 0. The van der Waals surface area contributed by atoms with Crippen LogP contribution in [0.25, 0.3) is 0 Å². The second-order valence-corrected chi connectivity index (χ2v) is 27.0. The van der Waals surface area contributed by atoms with Crippen molar-refractivity contribution in [3.05, 3.63) is 36.5 Å². The van der Waals surface area contributed by atoms with E-state index in [0.717, 1.165) is 38.5 Å². The van der Waals surface area contributed by atoms with Crippen LogP contribution in [-0.4, -0.2) is 47.4 Å². The summed E-state index contributed by atoms with van der Waals surface area (Å²) in [5.41, 5.74) is 0. The normalized spacial score (nSPS) is 12.7. The van der Waals surface area contributed by atoms with Crippen LogP contribution in [0.15, 0.2) is 36.5 Å². The predicted molar refractivity (Wildman–Crippen MR) is 379 cm³/mol. The molecule has 3 N–H and O–H groups in total. The average molecular weight is 1210 g/mol. The van der Waals surface area contributed by atoms with Crippen LogP contribution in [0.5, 0.6) is 0 Å². The van der Waals surface area contributed by atoms with Crippen molar-refractivity contribution in [2.45, 2.75) is 450 Å². The molecule has 6 nitrogen and oxygen atoms in total. The molecule has 1 amide bonds. The van der Waals surface area contributed by atoms with E-state index in [4.69, 9.17) is 4.74 Å². The van der Waals surface area contributed by atoms with Gasteiger partial charge in [-0.05, 0) is 83.5 Å². The highest BCUT2D eigenvalue weighted by atomic mass is 16.5. The van der Waals surface area contributed by atoms with Gasteiger partial charge in [0.1, 0.15) is 0 Å². The summed E-state index contributed by atoms with van der Waals surface area (Å²) in [4.78, 5) is 24.6. The van der Waals surface area contributed by atoms with E-state index >= 15 is 0 Å². The van der Waals surface area contributed by atoms with Gasteiger partial charge in [-0.2, -0.15) is 0 Å². The number of nitrogens with one attached hydrogen (secondary N) is 1. The molecule has 0 saturated carbocycles. The first kappa shape index (κ1) is 84.1. The van der Waals surface area contributed by atoms with Gasteiger partial charge in [0.2, 0.25) is 5.91 Å². The molecule has 0 fully saturated rings. The third kappa shape index (κ3) is 71.2. The molecular formula is C80H153NO5. The fourth-order valence-electron chi connectivity index (χ4n) is 12.4. The van der Waals surface area contributed by atoms with Crippen molar-refractivity contribution < 1.29 is 24.5 Å². The minimum absolute atomic E-state index is 0.0225. The van der Waals surface area contributed by atoms with Gasteiger partial charge in [0.15, 0.2) is 0 Å². The Morgan fingerprint density at radius 1 is 0.314 bits per heavy atom. The summed E-state index contributed by atoms with van der Waals surface area (Å²) in [6.07, 6.45) is 98.6. The monoisotopic (exact) mass is 1210 g/mol. The quantitative estimate of drug-likeness (QED) is 0.0320. The zero-order valence-electron chi connectivity index (χ0n) is 58.3. The molecule has 0 bridgehead atoms. The molecule has 86 heavy (non-hydrogen) atoms. The number of aliphatic hydroxyl groups excluding tert-OH is 2. The van der Waals surface area contributed by atoms with Gasteiger partial charge in [0.05, 0.1) is 25.4 Å². The molecule has 508 valence electrons. The van der Waals surface area contributed by atoms with E-state index in [9.17, 15) is 19.8 Å². The number of allylic oxidation sites excluding steroid dienone is 5. The van der Waals surface area contributed by atoms with Crippen molar-refractivity contribution >= 4 is 11.9 Å². The number of hydrogen-bond acceptors (Lipinski definition) is 5. The maximum atomic E-state index is 12.5. The molecule has 0 radical (unpaired) electrons. The largest absolute Gasteiger partial charge is 0.466 e. The van der Waals surface area contributed by atoms with Crippen LogP contribution < -0.4 is 5.32 Å². The number of esters is 1. The second-order valence-electron chi connectivity index (χ2n) is 27.0. The van der Waals surface area contributed by atoms with Crippen LogP contribution in [0.1, 0.15) is 438 Å². The Morgan fingerprint density at radius 3 is 0.826 bits per heavy atom. The van der Waals surface area contributed by atoms with Crippen molar-refractivity contribution in [1.29, 1.82) is 0 Å². The Bertz CT molecular complexity index is 1390. The van der Waals surface area contributed by atoms with Gasteiger partial charge in [0.25, 0.3) is 0 Å². The number of aliphatic hydroxyl groups is 2. The Balaban J connectivity index is 3.30. The van der Waals surface area contributed by atoms with Crippen LogP contribution in [0.3, 0.4) is 0 Å². The zero-order chi connectivity index (χ0) is 62.0. The lowest BCUT2D eigenvalue weighted by Crippen LogP contribution is -2.45. The highest BCUT2D eigenvalue weighted by molar-refractivity contribution is 5.76. The predicted octanol–water partition coefficient (Wildman–Crippen LogP) is 25.8. The average Bonchev–Trinajstić information content (AvgIpc) is 3.58. The number of hydrogen-bond donors (Lipinski definition) is 3. The minimum atomic E-state index is -0.840. The molecule has 2 unspecified atom stereocenters. The first-order valence-electron chi connectivity index (χ1n) is 39.3. The van der Waals surface area contributed by atoms with Crippen molar-refractivity contribution in [3.8, 4) is 0 Å². The molecule has 0 rings (SSSR count). The van der Waals surface area contributed by atoms with E-state index in [1.165, 1.54) is 372 Å². The summed E-state index contributed by atoms with van der Waals surface area (Å²) < 4.78 is 5.52. The SMILES string of the molecule is CCCCCCCC/C=C\CCCCCCCCCCCC(=O)OCCCCCCCCCCCCCCCCCCCC/C=C\CCCCCCCCCCCCCCCCCCCC(=O)NC(CO)C(O)/C=C/CCCCCCCCCCC. The number of rotatable bonds is 74. The van der Waals surface area contributed by atoms with Crippen LogP contribution in [0.4, 0.5) is 0 Å². The molecule has 0 saturated heterocycles. The maximum Gasteiger partial charge on any atom is 0.305 e. The molecule has 6 heteroatoms. The first-order valence-corrected chi connectivity index (χ1v) is 39.3. The van der Waals surface area contributed by atoms with Crippen molar-refractivity contribution in [1.82, 2.24) is 5.32 Å². The van der Waals surface area contributed by atoms with E-state index in [0.29, 0.717) is 19.4 Å². The van der Waals surface area contributed by atoms with Gasteiger partial charge in [-0.25, -0.2) is 0 Å². The van der Waals surface area contributed by atoms with Gasteiger partial charge in [-0.1, -0.05) is 378 Å². The molecule has 0 spiro atoms. The highest BCUT2D eigenvalue weighted by Crippen LogP contribution is 2.19. The molecule has 0 aromatic rings. The minimum Gasteiger partial charge on any atom is -0.466 e. The smallest absolute Gasteiger partial charge is 0.305 e. The summed E-state index contributed by atoms with van der Waals surface area (Å²) in [6, 6.07) is -0.623. The molecule has 0 aliphatic rings. The van der Waals surface area contributed by atoms with Crippen LogP contribution in [0, 0.1) is 0 Å². The fraction of sp³-hybridized carbons (Fsp3) is 0.900. The number of amides is 1. The lowest BCUT2D eigenvalue weighted by molar-refractivity contribution is -0.143. The van der Waals surface area contributed by atoms with E-state index in [1.807, 2.05) is 6.08 Å². The Labute approximate surface area is 538 Å². The lowest BCUT2D eigenvalue weighted by Gasteiger charge is -2.20. The number of unbranched alkanes of at least 4 members (excludes halogenated alkanes) is 59. The summed E-state index contributed by atoms with van der Waals surface area (Å²) in [6.45, 7) is 4.92. The molecular weight excluding hydrogens is 1050 g/mol. The summed E-state index contributed by atoms with van der Waals surface area (Å²) in [7, 11) is 0. The maximum absolute atomic E-state index is 12.5. The number of carbonyl (C=O) groups excluding carboxylic acids is 2. The van der Waals surface area contributed by atoms with E-state index < -0.39 is 12.1 Å². The third-order valence-electron chi connectivity index (χ3n) is 18.4. The second kappa shape index (κ2) is 75.5. The standard InChI is InChI=1S/C80H153NO5/c1-3-5-7-9-11-13-15-16-17-18-40-44-47-50-54-58-62-66-70-74-80(85)86-75-71-67-63-59-55-51-48-45-42-39-37-35-33-31-29-27-25-23-21-19-20-22-24-26-28-30-32-34-36-38-41-43-46-49-53-57-61-65-69-73-79(84)81-77(76-82)78(83)72-68-64-60-56-52-14-12-10-8-6-4-2/h16-17,19-20,68,72,77-78,82-83H,3-15,18,21-67,69-71,73-76H2,1-2H3,(H,81,84)/b17-16-,20-19-,72-68+. The van der Waals surface area contributed by atoms with Gasteiger partial charge < -0.3 is 20.3 Å². The summed E-state index contributed by atoms with van der Waals surface area (Å²) in [5.74, 6) is -0.0406. The topological polar surface area (TPSA) is 95.9 Å². The highest BCUT2D eigenvalue weighted by Gasteiger charge is 2.18. The summed E-state index contributed by atoms with van der Waals surface area (Å²) in [5, 5.41) is 23.1. The van der Waals surface area contributed by atoms with E-state index in [2.05, 4.69) is 43.5 Å². The molecule has 0 aromatic heterocycles. The fourth-order valence-corrected chi connectivity index (χ4v) is 12.4. The van der Waals surface area contributed by atoms with Crippen LogP contribution in [-0.2, 0) is 14.3 Å². The van der Waals surface area contributed by atoms with Crippen LogP contribution >= 0.6 is 0 Å². The Kier molecular flexibility index (Phi) is 73.9. The molecule has 2 atom stereocenters. The van der Waals surface area contributed by atoms with E-state index in [-0.39, 0.29) is 18.5 Å².